The zero-order chi connectivity index (χ0) is 31.2. The summed E-state index contributed by atoms with van der Waals surface area (Å²) >= 11 is 0. The number of para-hydroxylation sites is 2. The molecule has 0 amide bonds. The first kappa shape index (κ1) is 30.1. The normalized spacial score (nSPS) is 11.3. The van der Waals surface area contributed by atoms with Gasteiger partial charge in [-0.05, 0) is 116 Å². The van der Waals surface area contributed by atoms with Crippen LogP contribution in [0, 0.1) is 6.92 Å². The third-order valence-corrected chi connectivity index (χ3v) is 11.0. The van der Waals surface area contributed by atoms with E-state index < -0.39 is 8.32 Å². The van der Waals surface area contributed by atoms with Crippen molar-refractivity contribution in [1.82, 2.24) is 0 Å². The Balaban J connectivity index is 1.30. The van der Waals surface area contributed by atoms with E-state index in [1.165, 1.54) is 21.9 Å². The molecule has 224 valence electrons. The first-order valence-corrected chi connectivity index (χ1v) is 18.6. The van der Waals surface area contributed by atoms with Crippen LogP contribution in [0.2, 0.25) is 13.1 Å². The predicted molar refractivity (Wildman–Crippen MR) is 195 cm³/mol. The van der Waals surface area contributed by atoms with Gasteiger partial charge in [-0.25, -0.2) is 0 Å². The first-order valence-electron chi connectivity index (χ1n) is 15.6. The highest BCUT2D eigenvalue weighted by molar-refractivity contribution is 6.84. The molecule has 6 aromatic carbocycles. The summed E-state index contributed by atoms with van der Waals surface area (Å²) in [5, 5.41) is 1.30. The van der Waals surface area contributed by atoms with Crippen molar-refractivity contribution in [2.45, 2.75) is 26.9 Å². The average Bonchev–Trinajstić information content (AvgIpc) is 3.08. The van der Waals surface area contributed by atoms with E-state index in [0.29, 0.717) is 0 Å². The molecule has 0 atom stereocenters. The van der Waals surface area contributed by atoms with Gasteiger partial charge < -0.3 is 14.2 Å². The Labute approximate surface area is 269 Å². The minimum Gasteiger partial charge on any atom is -0.413 e. The van der Waals surface area contributed by atoms with Crippen LogP contribution in [0.3, 0.4) is 0 Å². The van der Waals surface area contributed by atoms with E-state index in [-0.39, 0.29) is 0 Å². The molecule has 0 spiro atoms. The van der Waals surface area contributed by atoms with E-state index in [1.54, 1.807) is 0 Å². The minimum atomic E-state index is -1.92. The topological polar surface area (TPSA) is 15.7 Å². The molecule has 6 aromatic rings. The highest BCUT2D eigenvalue weighted by Gasteiger charge is 2.25. The Morgan fingerprint density at radius 2 is 0.778 bits per heavy atom. The fourth-order valence-corrected chi connectivity index (χ4v) is 7.66. The van der Waals surface area contributed by atoms with E-state index in [0.717, 1.165) is 40.7 Å². The monoisotopic (exact) mass is 604 g/mol. The summed E-state index contributed by atoms with van der Waals surface area (Å²) in [4.78, 5) is 4.61. The molecular weight excluding hydrogens is 565 g/mol. The van der Waals surface area contributed by atoms with Crippen molar-refractivity contribution < 1.29 is 4.43 Å². The van der Waals surface area contributed by atoms with Gasteiger partial charge in [-0.2, -0.15) is 0 Å². The quantitative estimate of drug-likeness (QED) is 0.145. The van der Waals surface area contributed by atoms with Crippen LogP contribution in [0.5, 0.6) is 0 Å². The average molecular weight is 605 g/mol. The Bertz CT molecular complexity index is 1760. The number of rotatable bonds is 10. The lowest BCUT2D eigenvalue weighted by atomic mass is 10.0. The largest absolute Gasteiger partial charge is 0.413 e. The van der Waals surface area contributed by atoms with Crippen LogP contribution >= 0.6 is 0 Å². The molecule has 0 radical (unpaired) electrons. The Kier molecular flexibility index (Phi) is 8.97. The highest BCUT2D eigenvalue weighted by atomic mass is 28.4. The Morgan fingerprint density at radius 1 is 0.444 bits per heavy atom. The molecule has 0 aliphatic carbocycles. The lowest BCUT2D eigenvalue weighted by Crippen LogP contribution is -2.44. The van der Waals surface area contributed by atoms with Gasteiger partial charge in [0.25, 0.3) is 0 Å². The summed E-state index contributed by atoms with van der Waals surface area (Å²) in [5.74, 6) is 0. The van der Waals surface area contributed by atoms with Crippen LogP contribution in [-0.4, -0.2) is 14.9 Å². The number of hydrogen-bond acceptors (Lipinski definition) is 3. The molecule has 0 heterocycles. The van der Waals surface area contributed by atoms with Gasteiger partial charge in [-0.15, -0.1) is 0 Å². The van der Waals surface area contributed by atoms with Crippen LogP contribution in [0.15, 0.2) is 158 Å². The van der Waals surface area contributed by atoms with Gasteiger partial charge in [0.15, 0.2) is 0 Å². The summed E-state index contributed by atoms with van der Waals surface area (Å²) in [5.41, 5.74) is 10.4. The van der Waals surface area contributed by atoms with Crippen LogP contribution in [0.25, 0.3) is 11.1 Å². The molecule has 3 nitrogen and oxygen atoms in total. The van der Waals surface area contributed by atoms with E-state index in [2.05, 4.69) is 194 Å². The van der Waals surface area contributed by atoms with Gasteiger partial charge in [0.05, 0.1) is 0 Å². The van der Waals surface area contributed by atoms with Gasteiger partial charge in [-0.3, -0.25) is 0 Å². The molecule has 0 aliphatic heterocycles. The van der Waals surface area contributed by atoms with E-state index >= 15 is 0 Å². The van der Waals surface area contributed by atoms with Crippen LogP contribution in [0.1, 0.15) is 12.5 Å². The fourth-order valence-electron chi connectivity index (χ4n) is 5.80. The lowest BCUT2D eigenvalue weighted by Gasteiger charge is -2.27. The summed E-state index contributed by atoms with van der Waals surface area (Å²) in [6.07, 6.45) is 0. The molecule has 0 fully saturated rings. The molecule has 0 saturated heterocycles. The summed E-state index contributed by atoms with van der Waals surface area (Å²) < 4.78 is 6.14. The van der Waals surface area contributed by atoms with Gasteiger partial charge in [0, 0.05) is 40.7 Å². The SMILES string of the molecule is CCO[Si](C)(C)c1ccc(N(c2ccc(C)cc2)c2ccc(-c3ccc(N(c4ccccc4)c4ccccc4)cc3)cc2)cc1. The molecule has 0 N–H and O–H groups in total. The maximum atomic E-state index is 6.14. The third kappa shape index (κ3) is 6.78. The van der Waals surface area contributed by atoms with E-state index in [4.69, 9.17) is 4.43 Å². The molecule has 0 aromatic heterocycles. The van der Waals surface area contributed by atoms with Crippen molar-refractivity contribution in [2.75, 3.05) is 16.4 Å². The van der Waals surface area contributed by atoms with Crippen molar-refractivity contribution in [3.05, 3.63) is 163 Å². The molecule has 0 bridgehead atoms. The van der Waals surface area contributed by atoms with Crippen LogP contribution in [-0.2, 0) is 4.43 Å². The lowest BCUT2D eigenvalue weighted by molar-refractivity contribution is 0.339. The van der Waals surface area contributed by atoms with Crippen molar-refractivity contribution >= 4 is 47.6 Å². The summed E-state index contributed by atoms with van der Waals surface area (Å²) in [6.45, 7) is 9.46. The second-order valence-corrected chi connectivity index (χ2v) is 15.6. The molecule has 0 aliphatic rings. The number of aryl methyl sites for hydroxylation is 1. The van der Waals surface area contributed by atoms with E-state index in [1.807, 2.05) is 0 Å². The third-order valence-electron chi connectivity index (χ3n) is 8.23. The standard InChI is InChI=1S/C41H40N2OSi/c1-5-44-45(3,4)41-30-28-40(29-31-41)43(37-22-16-32(2)17-23-37)39-26-20-34(21-27-39)33-18-24-38(25-19-33)42(35-12-8-6-9-13-35)36-14-10-7-11-15-36/h6-31H,5H2,1-4H3. The molecule has 45 heavy (non-hydrogen) atoms. The van der Waals surface area contributed by atoms with Crippen LogP contribution < -0.4 is 15.0 Å². The van der Waals surface area contributed by atoms with Crippen molar-refractivity contribution in [3.63, 3.8) is 0 Å². The van der Waals surface area contributed by atoms with Crippen molar-refractivity contribution in [2.24, 2.45) is 0 Å². The molecule has 0 saturated carbocycles. The molecule has 4 heteroatoms. The number of benzene rings is 6. The number of hydrogen-bond donors (Lipinski definition) is 0. The van der Waals surface area contributed by atoms with Crippen molar-refractivity contribution in [1.29, 1.82) is 0 Å². The summed E-state index contributed by atoms with van der Waals surface area (Å²) in [6, 6.07) is 56.4. The number of nitrogens with zero attached hydrogens (tertiary/aromatic N) is 2. The van der Waals surface area contributed by atoms with Crippen molar-refractivity contribution in [3.8, 4) is 11.1 Å². The highest BCUT2D eigenvalue weighted by Crippen LogP contribution is 2.37. The maximum absolute atomic E-state index is 6.14. The van der Waals surface area contributed by atoms with Gasteiger partial charge in [-0.1, -0.05) is 90.5 Å². The Morgan fingerprint density at radius 3 is 1.16 bits per heavy atom. The number of anilines is 6. The van der Waals surface area contributed by atoms with Crippen LogP contribution in [0.4, 0.5) is 34.1 Å². The minimum absolute atomic E-state index is 0.740. The predicted octanol–water partition coefficient (Wildman–Crippen LogP) is 11.1. The smallest absolute Gasteiger partial charge is 0.218 e. The second-order valence-electron chi connectivity index (χ2n) is 11.8. The fraction of sp³-hybridized carbons (Fsp3) is 0.122. The zero-order valence-electron chi connectivity index (χ0n) is 26.5. The zero-order valence-corrected chi connectivity index (χ0v) is 27.5. The molecule has 0 unspecified atom stereocenters. The van der Waals surface area contributed by atoms with E-state index in [9.17, 15) is 0 Å². The maximum Gasteiger partial charge on any atom is 0.218 e. The van der Waals surface area contributed by atoms with Gasteiger partial charge in [0.2, 0.25) is 8.32 Å². The molecular formula is C41H40N2OSi. The summed E-state index contributed by atoms with van der Waals surface area (Å²) in [7, 11) is -1.92. The van der Waals surface area contributed by atoms with Gasteiger partial charge in [0.1, 0.15) is 0 Å². The second kappa shape index (κ2) is 13.4. The Hall–Kier alpha value is -4.90. The van der Waals surface area contributed by atoms with Gasteiger partial charge >= 0.3 is 0 Å². The first-order chi connectivity index (χ1) is 21.9. The molecule has 6 rings (SSSR count).